The molecule has 2 aliphatic rings. The minimum atomic E-state index is -0.0283. The van der Waals surface area contributed by atoms with Crippen molar-refractivity contribution in [2.24, 2.45) is 11.3 Å². The van der Waals surface area contributed by atoms with Crippen LogP contribution in [-0.2, 0) is 4.79 Å². The van der Waals surface area contributed by atoms with Gasteiger partial charge in [0.05, 0.1) is 25.7 Å². The van der Waals surface area contributed by atoms with Gasteiger partial charge in [-0.05, 0) is 24.0 Å². The summed E-state index contributed by atoms with van der Waals surface area (Å²) in [6, 6.07) is 12.2. The number of benzene rings is 2. The first-order chi connectivity index (χ1) is 16.7. The number of hydrogen-bond donors (Lipinski definition) is 1. The van der Waals surface area contributed by atoms with Crippen molar-refractivity contribution in [3.8, 4) is 11.5 Å². The Labute approximate surface area is 206 Å². The van der Waals surface area contributed by atoms with E-state index in [2.05, 4.69) is 54.9 Å². The van der Waals surface area contributed by atoms with E-state index in [4.69, 9.17) is 20.2 Å². The Morgan fingerprint density at radius 1 is 1.00 bits per heavy atom. The molecule has 1 saturated carbocycles. The molecule has 2 heterocycles. The maximum Gasteiger partial charge on any atom is 0.228 e. The van der Waals surface area contributed by atoms with Crippen LogP contribution in [0.4, 0.5) is 11.8 Å². The molecule has 1 aliphatic heterocycles. The molecule has 184 valence electrons. The van der Waals surface area contributed by atoms with Gasteiger partial charge >= 0.3 is 0 Å². The summed E-state index contributed by atoms with van der Waals surface area (Å²) in [6.07, 6.45) is 0. The minimum Gasteiger partial charge on any atom is -0.493 e. The van der Waals surface area contributed by atoms with Gasteiger partial charge in [-0.25, -0.2) is 4.98 Å². The highest BCUT2D eigenvalue weighted by Crippen LogP contribution is 2.65. The van der Waals surface area contributed by atoms with Gasteiger partial charge in [0.25, 0.3) is 0 Å². The van der Waals surface area contributed by atoms with Crippen molar-refractivity contribution < 1.29 is 14.3 Å². The third-order valence-electron chi connectivity index (χ3n) is 7.62. The fourth-order valence-electron chi connectivity index (χ4n) is 5.43. The largest absolute Gasteiger partial charge is 0.493 e. The number of anilines is 2. The number of carbonyl (C=O) groups excluding carboxylic acids is 1. The van der Waals surface area contributed by atoms with Crippen LogP contribution in [-0.4, -0.2) is 61.2 Å². The van der Waals surface area contributed by atoms with E-state index in [1.165, 1.54) is 11.1 Å². The zero-order chi connectivity index (χ0) is 24.9. The minimum absolute atomic E-state index is 0.0202. The molecule has 0 radical (unpaired) electrons. The number of rotatable bonds is 5. The molecule has 8 heteroatoms. The van der Waals surface area contributed by atoms with Gasteiger partial charge in [-0.1, -0.05) is 43.7 Å². The van der Waals surface area contributed by atoms with Crippen molar-refractivity contribution in [2.45, 2.75) is 26.7 Å². The number of aryl methyl sites for hydroxylation is 1. The summed E-state index contributed by atoms with van der Waals surface area (Å²) in [5, 5.41) is 0.721. The van der Waals surface area contributed by atoms with E-state index < -0.39 is 0 Å². The van der Waals surface area contributed by atoms with E-state index in [1.807, 2.05) is 11.0 Å². The molecular formula is C27H33N5O3. The van der Waals surface area contributed by atoms with E-state index >= 15 is 0 Å². The predicted molar refractivity (Wildman–Crippen MR) is 137 cm³/mol. The van der Waals surface area contributed by atoms with E-state index in [-0.39, 0.29) is 23.2 Å². The molecule has 5 rings (SSSR count). The molecular weight excluding hydrogens is 442 g/mol. The standard InChI is InChI=1S/C27H33N5O3/c1-16-6-8-17(9-7-16)22-23(27(22,2)3)25(33)31-10-12-32(13-11-31)26-29-19-15-21(35-5)20(34-4)14-18(19)24(28)30-26/h6-9,14-15,22-23H,10-13H2,1-5H3,(H2,28,29,30)/t22-,23+/m0/s1. The van der Waals surface area contributed by atoms with Gasteiger partial charge in [-0.15, -0.1) is 0 Å². The number of methoxy groups -OCH3 is 2. The Morgan fingerprint density at radius 2 is 1.63 bits per heavy atom. The fourth-order valence-corrected chi connectivity index (χ4v) is 5.43. The molecule has 1 amide bonds. The van der Waals surface area contributed by atoms with Crippen LogP contribution >= 0.6 is 0 Å². The summed E-state index contributed by atoms with van der Waals surface area (Å²) in [6.45, 7) is 9.08. The maximum atomic E-state index is 13.5. The van der Waals surface area contributed by atoms with E-state index in [0.717, 1.165) is 5.39 Å². The number of aromatic nitrogens is 2. The molecule has 1 aliphatic carbocycles. The van der Waals surface area contributed by atoms with Crippen LogP contribution in [0.3, 0.4) is 0 Å². The molecule has 8 nitrogen and oxygen atoms in total. The highest BCUT2D eigenvalue weighted by Gasteiger charge is 2.63. The average molecular weight is 476 g/mol. The lowest BCUT2D eigenvalue weighted by Crippen LogP contribution is -2.50. The number of hydrogen-bond acceptors (Lipinski definition) is 7. The first-order valence-corrected chi connectivity index (χ1v) is 12.0. The number of piperazine rings is 1. The number of fused-ring (bicyclic) bond motifs is 1. The van der Waals surface area contributed by atoms with Crippen LogP contribution in [0.2, 0.25) is 0 Å². The van der Waals surface area contributed by atoms with Gasteiger partial charge in [0.15, 0.2) is 11.5 Å². The molecule has 0 bridgehead atoms. The molecule has 3 aromatic rings. The zero-order valence-electron chi connectivity index (χ0n) is 21.0. The Bertz CT molecular complexity index is 1270. The van der Waals surface area contributed by atoms with Crippen LogP contribution in [0.25, 0.3) is 10.9 Å². The van der Waals surface area contributed by atoms with E-state index in [0.29, 0.717) is 55.0 Å². The first-order valence-electron chi connectivity index (χ1n) is 12.0. The highest BCUT2D eigenvalue weighted by atomic mass is 16.5. The van der Waals surface area contributed by atoms with E-state index in [1.54, 1.807) is 20.3 Å². The lowest BCUT2D eigenvalue weighted by molar-refractivity contribution is -0.133. The smallest absolute Gasteiger partial charge is 0.228 e. The quantitative estimate of drug-likeness (QED) is 0.602. The number of nitrogen functional groups attached to an aromatic ring is 1. The van der Waals surface area contributed by atoms with Crippen LogP contribution < -0.4 is 20.1 Å². The zero-order valence-corrected chi connectivity index (χ0v) is 21.0. The van der Waals surface area contributed by atoms with Gasteiger partial charge in [0, 0.05) is 43.5 Å². The molecule has 0 unspecified atom stereocenters. The lowest BCUT2D eigenvalue weighted by Gasteiger charge is -2.35. The topological polar surface area (TPSA) is 93.8 Å². The van der Waals surface area contributed by atoms with E-state index in [9.17, 15) is 4.79 Å². The Morgan fingerprint density at radius 3 is 2.26 bits per heavy atom. The molecule has 2 aromatic carbocycles. The molecule has 1 aromatic heterocycles. The van der Waals surface area contributed by atoms with Crippen molar-refractivity contribution in [2.75, 3.05) is 51.0 Å². The van der Waals surface area contributed by atoms with Crippen LogP contribution in [0.5, 0.6) is 11.5 Å². The summed E-state index contributed by atoms with van der Waals surface area (Å²) in [5.74, 6) is 2.67. The second-order valence-corrected chi connectivity index (χ2v) is 10.1. The Kier molecular flexibility index (Phi) is 5.69. The SMILES string of the molecule is COc1cc2nc(N3CCN(C(=O)[C@H]4[C@H](c5ccc(C)cc5)C4(C)C)CC3)nc(N)c2cc1OC. The normalized spacial score (nSPS) is 21.2. The van der Waals surface area contributed by atoms with Crippen LogP contribution in [0, 0.1) is 18.3 Å². The summed E-state index contributed by atoms with van der Waals surface area (Å²) in [4.78, 5) is 26.8. The maximum absolute atomic E-state index is 13.5. The lowest BCUT2D eigenvalue weighted by atomic mass is 10.0. The van der Waals surface area contributed by atoms with Crippen molar-refractivity contribution in [3.05, 3.63) is 47.5 Å². The third kappa shape index (κ3) is 4.00. The number of nitrogens with two attached hydrogens (primary N) is 1. The van der Waals surface area contributed by atoms with Crippen LogP contribution in [0.15, 0.2) is 36.4 Å². The van der Waals surface area contributed by atoms with Gasteiger partial charge in [-0.2, -0.15) is 4.98 Å². The molecule has 35 heavy (non-hydrogen) atoms. The molecule has 0 spiro atoms. The van der Waals surface area contributed by atoms with Crippen molar-refractivity contribution in [1.82, 2.24) is 14.9 Å². The number of amides is 1. The highest BCUT2D eigenvalue weighted by molar-refractivity contribution is 5.92. The van der Waals surface area contributed by atoms with Gasteiger partial charge in [0.2, 0.25) is 11.9 Å². The molecule has 2 fully saturated rings. The molecule has 1 saturated heterocycles. The van der Waals surface area contributed by atoms with Gasteiger partial charge in [0.1, 0.15) is 5.82 Å². The Balaban J connectivity index is 1.29. The molecule has 2 atom stereocenters. The number of ether oxygens (including phenoxy) is 2. The number of nitrogens with zero attached hydrogens (tertiary/aromatic N) is 4. The molecule has 2 N–H and O–H groups in total. The predicted octanol–water partition coefficient (Wildman–Crippen LogP) is 3.63. The summed E-state index contributed by atoms with van der Waals surface area (Å²) < 4.78 is 10.8. The van der Waals surface area contributed by atoms with Gasteiger partial charge in [-0.3, -0.25) is 4.79 Å². The second-order valence-electron chi connectivity index (χ2n) is 10.1. The van der Waals surface area contributed by atoms with Crippen molar-refractivity contribution >= 4 is 28.6 Å². The summed E-state index contributed by atoms with van der Waals surface area (Å²) >= 11 is 0. The summed E-state index contributed by atoms with van der Waals surface area (Å²) in [5.41, 5.74) is 9.43. The summed E-state index contributed by atoms with van der Waals surface area (Å²) in [7, 11) is 3.18. The average Bonchev–Trinajstić information content (AvgIpc) is 3.44. The second kappa shape index (κ2) is 8.59. The van der Waals surface area contributed by atoms with Crippen molar-refractivity contribution in [3.63, 3.8) is 0 Å². The fraction of sp³-hybridized carbons (Fsp3) is 0.444. The first kappa shape index (κ1) is 23.2. The van der Waals surface area contributed by atoms with Gasteiger partial charge < -0.3 is 25.0 Å². The van der Waals surface area contributed by atoms with Crippen LogP contribution in [0.1, 0.15) is 30.9 Å². The third-order valence-corrected chi connectivity index (χ3v) is 7.62. The monoisotopic (exact) mass is 475 g/mol. The Hall–Kier alpha value is -3.55. The van der Waals surface area contributed by atoms with Crippen molar-refractivity contribution in [1.29, 1.82) is 0 Å². The number of carbonyl (C=O) groups is 1.